The number of amides is 2. The Kier molecular flexibility index (Phi) is 10.2. The summed E-state index contributed by atoms with van der Waals surface area (Å²) in [5.41, 5.74) is 0.779. The number of nitrogens with one attached hydrogen (secondary N) is 1. The highest BCUT2D eigenvalue weighted by Crippen LogP contribution is 2.28. The average molecular weight is 577 g/mol. The fourth-order valence-electron chi connectivity index (χ4n) is 3.74. The van der Waals surface area contributed by atoms with Gasteiger partial charge >= 0.3 is 0 Å². The minimum Gasteiger partial charge on any atom is -0.352 e. The van der Waals surface area contributed by atoms with Crippen LogP contribution in [0.25, 0.3) is 0 Å². The first-order valence-corrected chi connectivity index (χ1v) is 14.4. The highest BCUT2D eigenvalue weighted by Gasteiger charge is 2.33. The van der Waals surface area contributed by atoms with Crippen LogP contribution in [-0.4, -0.2) is 43.8 Å². The Morgan fingerprint density at radius 3 is 1.97 bits per heavy atom. The highest BCUT2D eigenvalue weighted by molar-refractivity contribution is 7.92. The van der Waals surface area contributed by atoms with Crippen molar-refractivity contribution in [3.63, 3.8) is 0 Å². The molecule has 3 rings (SSSR count). The quantitative estimate of drug-likeness (QED) is 0.326. The molecule has 0 heterocycles. The van der Waals surface area contributed by atoms with E-state index in [2.05, 4.69) is 5.32 Å². The van der Waals surface area contributed by atoms with Gasteiger partial charge < -0.3 is 10.2 Å². The molecule has 0 aliphatic rings. The minimum absolute atomic E-state index is 0.0416. The molecule has 1 N–H and O–H groups in total. The van der Waals surface area contributed by atoms with Crippen molar-refractivity contribution in [1.82, 2.24) is 10.2 Å². The van der Waals surface area contributed by atoms with Gasteiger partial charge in [-0.2, -0.15) is 0 Å². The Morgan fingerprint density at radius 2 is 1.42 bits per heavy atom. The molecule has 3 aromatic rings. The number of carbonyl (C=O) groups excluding carboxylic acids is 2. The lowest BCUT2D eigenvalue weighted by atomic mass is 10.1. The van der Waals surface area contributed by atoms with Crippen LogP contribution in [0.4, 0.5) is 5.69 Å². The van der Waals surface area contributed by atoms with Gasteiger partial charge in [0.15, 0.2) is 0 Å². The van der Waals surface area contributed by atoms with Crippen LogP contribution in [0.1, 0.15) is 32.8 Å². The molecule has 202 valence electrons. The van der Waals surface area contributed by atoms with Crippen molar-refractivity contribution in [2.45, 2.75) is 50.7 Å². The first-order chi connectivity index (χ1) is 18.1. The third kappa shape index (κ3) is 7.07. The van der Waals surface area contributed by atoms with Crippen LogP contribution in [0.15, 0.2) is 83.8 Å². The molecule has 0 spiro atoms. The van der Waals surface area contributed by atoms with Crippen LogP contribution in [0, 0.1) is 0 Å². The second kappa shape index (κ2) is 13.1. The van der Waals surface area contributed by atoms with E-state index < -0.39 is 28.5 Å². The van der Waals surface area contributed by atoms with E-state index >= 15 is 0 Å². The zero-order chi connectivity index (χ0) is 27.9. The van der Waals surface area contributed by atoms with Gasteiger partial charge in [-0.1, -0.05) is 72.6 Å². The normalized spacial score (nSPS) is 12.9. The van der Waals surface area contributed by atoms with Gasteiger partial charge in [0, 0.05) is 28.2 Å². The van der Waals surface area contributed by atoms with Crippen LogP contribution in [0.2, 0.25) is 10.0 Å². The predicted molar refractivity (Wildman–Crippen MR) is 152 cm³/mol. The Balaban J connectivity index is 2.03. The number of hydrogen-bond acceptors (Lipinski definition) is 4. The number of para-hydroxylation sites is 1. The SMILES string of the molecule is CC[C@H](C)NC(=O)[C@@H](C)N(Cc1c(Cl)cccc1Cl)C(=O)CN(c1ccccc1)S(=O)(=O)c1ccccc1. The van der Waals surface area contributed by atoms with Crippen molar-refractivity contribution in [3.05, 3.63) is 94.5 Å². The number of carbonyl (C=O) groups is 2. The summed E-state index contributed by atoms with van der Waals surface area (Å²) in [6, 6.07) is 20.2. The summed E-state index contributed by atoms with van der Waals surface area (Å²) < 4.78 is 28.4. The second-order valence-electron chi connectivity index (χ2n) is 8.88. The van der Waals surface area contributed by atoms with E-state index in [0.717, 1.165) is 4.31 Å². The van der Waals surface area contributed by atoms with Gasteiger partial charge in [-0.05, 0) is 56.7 Å². The topological polar surface area (TPSA) is 86.8 Å². The number of benzene rings is 3. The summed E-state index contributed by atoms with van der Waals surface area (Å²) in [5, 5.41) is 3.56. The van der Waals surface area contributed by atoms with Crippen molar-refractivity contribution >= 4 is 50.7 Å². The summed E-state index contributed by atoms with van der Waals surface area (Å²) in [7, 11) is -4.11. The monoisotopic (exact) mass is 575 g/mol. The smallest absolute Gasteiger partial charge is 0.264 e. The van der Waals surface area contributed by atoms with Gasteiger partial charge in [-0.25, -0.2) is 8.42 Å². The summed E-state index contributed by atoms with van der Waals surface area (Å²) >= 11 is 12.8. The van der Waals surface area contributed by atoms with Crippen LogP contribution in [0.5, 0.6) is 0 Å². The molecular weight excluding hydrogens is 545 g/mol. The number of rotatable bonds is 11. The molecule has 0 bridgehead atoms. The van der Waals surface area contributed by atoms with E-state index in [0.29, 0.717) is 27.7 Å². The number of halogens is 2. The zero-order valence-electron chi connectivity index (χ0n) is 21.5. The van der Waals surface area contributed by atoms with Gasteiger partial charge in [0.05, 0.1) is 10.6 Å². The Labute approximate surface area is 234 Å². The molecular formula is C28H31Cl2N3O4S. The molecule has 0 radical (unpaired) electrons. The lowest BCUT2D eigenvalue weighted by molar-refractivity contribution is -0.139. The minimum atomic E-state index is -4.11. The molecule has 0 unspecified atom stereocenters. The summed E-state index contributed by atoms with van der Waals surface area (Å²) in [6.07, 6.45) is 0.708. The zero-order valence-corrected chi connectivity index (χ0v) is 23.8. The Bertz CT molecular complexity index is 1330. The first kappa shape index (κ1) is 29.5. The second-order valence-corrected chi connectivity index (χ2v) is 11.6. The lowest BCUT2D eigenvalue weighted by Gasteiger charge is -2.32. The van der Waals surface area contributed by atoms with Gasteiger partial charge in [0.1, 0.15) is 12.6 Å². The van der Waals surface area contributed by atoms with Crippen molar-refractivity contribution < 1.29 is 18.0 Å². The third-order valence-electron chi connectivity index (χ3n) is 6.21. The first-order valence-electron chi connectivity index (χ1n) is 12.2. The van der Waals surface area contributed by atoms with Crippen molar-refractivity contribution in [3.8, 4) is 0 Å². The van der Waals surface area contributed by atoms with Crippen LogP contribution in [-0.2, 0) is 26.2 Å². The molecule has 38 heavy (non-hydrogen) atoms. The number of hydrogen-bond donors (Lipinski definition) is 1. The summed E-state index contributed by atoms with van der Waals surface area (Å²) in [4.78, 5) is 28.3. The van der Waals surface area contributed by atoms with E-state index in [1.807, 2.05) is 13.8 Å². The van der Waals surface area contributed by atoms with E-state index in [9.17, 15) is 18.0 Å². The molecule has 0 saturated heterocycles. The fraction of sp³-hybridized carbons (Fsp3) is 0.286. The maximum atomic E-state index is 13.9. The Hall–Kier alpha value is -3.07. The lowest BCUT2D eigenvalue weighted by Crippen LogP contribution is -2.52. The van der Waals surface area contributed by atoms with E-state index in [1.54, 1.807) is 73.7 Å². The molecule has 0 fully saturated rings. The standard InChI is InChI=1S/C28H31Cl2N3O4S/c1-4-20(2)31-28(35)21(3)32(18-24-25(29)16-11-17-26(24)30)27(34)19-33(22-12-7-5-8-13-22)38(36,37)23-14-9-6-10-15-23/h5-17,20-21H,4,18-19H2,1-3H3,(H,31,35)/t20-,21+/m0/s1. The van der Waals surface area contributed by atoms with Gasteiger partial charge in [-0.3, -0.25) is 13.9 Å². The van der Waals surface area contributed by atoms with Crippen molar-refractivity contribution in [2.24, 2.45) is 0 Å². The average Bonchev–Trinajstić information content (AvgIpc) is 2.91. The molecule has 0 aliphatic carbocycles. The molecule has 2 amide bonds. The largest absolute Gasteiger partial charge is 0.352 e. The van der Waals surface area contributed by atoms with E-state index in [4.69, 9.17) is 23.2 Å². The van der Waals surface area contributed by atoms with Crippen molar-refractivity contribution in [1.29, 1.82) is 0 Å². The molecule has 3 aromatic carbocycles. The van der Waals surface area contributed by atoms with Crippen LogP contribution in [0.3, 0.4) is 0 Å². The molecule has 10 heteroatoms. The number of sulfonamides is 1. The van der Waals surface area contributed by atoms with Crippen molar-refractivity contribution in [2.75, 3.05) is 10.8 Å². The number of anilines is 1. The summed E-state index contributed by atoms with van der Waals surface area (Å²) in [5.74, 6) is -0.954. The van der Waals surface area contributed by atoms with Crippen LogP contribution >= 0.6 is 23.2 Å². The van der Waals surface area contributed by atoms with E-state index in [1.165, 1.54) is 17.0 Å². The highest BCUT2D eigenvalue weighted by atomic mass is 35.5. The molecule has 0 aromatic heterocycles. The maximum Gasteiger partial charge on any atom is 0.264 e. The maximum absolute atomic E-state index is 13.9. The predicted octanol–water partition coefficient (Wildman–Crippen LogP) is 5.52. The molecule has 2 atom stereocenters. The molecule has 0 saturated carbocycles. The summed E-state index contributed by atoms with van der Waals surface area (Å²) in [6.45, 7) is 4.78. The van der Waals surface area contributed by atoms with E-state index in [-0.39, 0.29) is 23.4 Å². The van der Waals surface area contributed by atoms with Gasteiger partial charge in [0.25, 0.3) is 10.0 Å². The Morgan fingerprint density at radius 1 is 0.868 bits per heavy atom. The third-order valence-corrected chi connectivity index (χ3v) is 8.71. The molecule has 0 aliphatic heterocycles. The van der Waals surface area contributed by atoms with Gasteiger partial charge in [0.2, 0.25) is 11.8 Å². The fourth-order valence-corrected chi connectivity index (χ4v) is 5.70. The van der Waals surface area contributed by atoms with Gasteiger partial charge in [-0.15, -0.1) is 0 Å². The molecule has 7 nitrogen and oxygen atoms in total. The van der Waals surface area contributed by atoms with Crippen LogP contribution < -0.4 is 9.62 Å². The number of nitrogens with zero attached hydrogens (tertiary/aromatic N) is 2.